The van der Waals surface area contributed by atoms with Crippen LogP contribution in [0.3, 0.4) is 0 Å². The number of carbonyl (C=O) groups excluding carboxylic acids is 1. The van der Waals surface area contributed by atoms with Crippen LogP contribution in [-0.2, 0) is 17.5 Å². The van der Waals surface area contributed by atoms with E-state index >= 15 is 0 Å². The fourth-order valence-corrected chi connectivity index (χ4v) is 2.74. The summed E-state index contributed by atoms with van der Waals surface area (Å²) in [5, 5.41) is 3.46. The molecule has 0 aliphatic heterocycles. The van der Waals surface area contributed by atoms with Crippen molar-refractivity contribution in [3.63, 3.8) is 0 Å². The smallest absolute Gasteiger partial charge is 0.416 e. The van der Waals surface area contributed by atoms with Gasteiger partial charge in [0, 0.05) is 11.6 Å². The molecule has 1 N–H and O–H groups in total. The van der Waals surface area contributed by atoms with E-state index in [1.54, 1.807) is 31.2 Å². The summed E-state index contributed by atoms with van der Waals surface area (Å²) in [4.78, 5) is 20.6. The molecule has 5 nitrogen and oxygen atoms in total. The number of hydrogen-bond acceptors (Lipinski definition) is 5. The van der Waals surface area contributed by atoms with Crippen LogP contribution in [0.1, 0.15) is 28.5 Å². The molecule has 0 aliphatic rings. The second-order valence-electron chi connectivity index (χ2n) is 5.83. The molecule has 0 amide bonds. The molecule has 0 spiro atoms. The van der Waals surface area contributed by atoms with Gasteiger partial charge in [-0.25, -0.2) is 14.8 Å². The summed E-state index contributed by atoms with van der Waals surface area (Å²) in [6.45, 7) is 2.01. The summed E-state index contributed by atoms with van der Waals surface area (Å²) in [5.74, 6) is -0.685. The van der Waals surface area contributed by atoms with Crippen molar-refractivity contribution in [3.05, 3.63) is 64.3 Å². The van der Waals surface area contributed by atoms with Gasteiger partial charge in [0.25, 0.3) is 0 Å². The van der Waals surface area contributed by atoms with Crippen LogP contribution in [-0.4, -0.2) is 22.5 Å². The molecule has 1 heterocycles. The van der Waals surface area contributed by atoms with Crippen LogP contribution in [0.25, 0.3) is 11.0 Å². The van der Waals surface area contributed by atoms with E-state index in [9.17, 15) is 18.0 Å². The first kappa shape index (κ1) is 19.9. The largest absolute Gasteiger partial charge is 0.461 e. The molecule has 3 rings (SSSR count). The van der Waals surface area contributed by atoms with E-state index in [1.165, 1.54) is 6.07 Å². The van der Waals surface area contributed by atoms with Gasteiger partial charge in [0.15, 0.2) is 11.5 Å². The fraction of sp³-hybridized carbons (Fsp3) is 0.211. The maximum Gasteiger partial charge on any atom is 0.416 e. The number of aromatic nitrogens is 2. The first-order valence-electron chi connectivity index (χ1n) is 8.32. The van der Waals surface area contributed by atoms with Gasteiger partial charge in [-0.2, -0.15) is 13.2 Å². The summed E-state index contributed by atoms with van der Waals surface area (Å²) in [5.41, 5.74) is 0.0178. The molecule has 0 radical (unpaired) electrons. The van der Waals surface area contributed by atoms with Crippen LogP contribution in [0.5, 0.6) is 0 Å². The Morgan fingerprint density at radius 1 is 1.14 bits per heavy atom. The Balaban J connectivity index is 2.02. The van der Waals surface area contributed by atoms with Gasteiger partial charge in [-0.05, 0) is 42.8 Å². The van der Waals surface area contributed by atoms with Crippen molar-refractivity contribution in [2.75, 3.05) is 11.9 Å². The standard InChI is InChI=1S/C19H15ClF3N3O2/c1-2-28-18(27)16-17(24-10-11-4-3-5-13(20)8-11)26-15-9-12(19(21,22)23)6-7-14(15)25-16/h3-9H,2,10H2,1H3,(H,24,26). The van der Waals surface area contributed by atoms with Crippen LogP contribution in [0.2, 0.25) is 5.02 Å². The highest BCUT2D eigenvalue weighted by atomic mass is 35.5. The molecule has 2 aromatic carbocycles. The zero-order valence-corrected chi connectivity index (χ0v) is 15.4. The summed E-state index contributed by atoms with van der Waals surface area (Å²) in [6.07, 6.45) is -4.51. The first-order chi connectivity index (χ1) is 13.3. The molecule has 0 fully saturated rings. The third kappa shape index (κ3) is 4.51. The van der Waals surface area contributed by atoms with E-state index in [0.717, 1.165) is 17.7 Å². The van der Waals surface area contributed by atoms with Crippen molar-refractivity contribution < 1.29 is 22.7 Å². The molecule has 0 aliphatic carbocycles. The van der Waals surface area contributed by atoms with E-state index < -0.39 is 17.7 Å². The van der Waals surface area contributed by atoms with Gasteiger partial charge in [-0.3, -0.25) is 0 Å². The highest BCUT2D eigenvalue weighted by Crippen LogP contribution is 2.31. The van der Waals surface area contributed by atoms with E-state index in [4.69, 9.17) is 16.3 Å². The zero-order valence-electron chi connectivity index (χ0n) is 14.7. The summed E-state index contributed by atoms with van der Waals surface area (Å²) in [7, 11) is 0. The number of anilines is 1. The first-order valence-corrected chi connectivity index (χ1v) is 8.70. The lowest BCUT2D eigenvalue weighted by molar-refractivity contribution is -0.137. The second-order valence-corrected chi connectivity index (χ2v) is 6.26. The number of ether oxygens (including phenoxy) is 1. The molecule has 9 heteroatoms. The number of alkyl halides is 3. The average Bonchev–Trinajstić information content (AvgIpc) is 2.64. The van der Waals surface area contributed by atoms with E-state index in [-0.39, 0.29) is 35.7 Å². The van der Waals surface area contributed by atoms with Crippen molar-refractivity contribution in [3.8, 4) is 0 Å². The quantitative estimate of drug-likeness (QED) is 0.594. The van der Waals surface area contributed by atoms with Gasteiger partial charge in [0.05, 0.1) is 23.2 Å². The summed E-state index contributed by atoms with van der Waals surface area (Å²) < 4.78 is 43.9. The van der Waals surface area contributed by atoms with Gasteiger partial charge >= 0.3 is 12.1 Å². The van der Waals surface area contributed by atoms with Crippen molar-refractivity contribution >= 4 is 34.4 Å². The van der Waals surface area contributed by atoms with Gasteiger partial charge in [-0.15, -0.1) is 0 Å². The third-order valence-corrected chi connectivity index (χ3v) is 4.04. The second kappa shape index (κ2) is 8.02. The van der Waals surface area contributed by atoms with Crippen LogP contribution in [0.4, 0.5) is 19.0 Å². The van der Waals surface area contributed by atoms with Crippen LogP contribution < -0.4 is 5.32 Å². The minimum atomic E-state index is -4.51. The van der Waals surface area contributed by atoms with Crippen LogP contribution in [0.15, 0.2) is 42.5 Å². The highest BCUT2D eigenvalue weighted by molar-refractivity contribution is 6.30. The fourth-order valence-electron chi connectivity index (χ4n) is 2.53. The lowest BCUT2D eigenvalue weighted by Crippen LogP contribution is -2.14. The molecule has 0 unspecified atom stereocenters. The van der Waals surface area contributed by atoms with Crippen molar-refractivity contribution in [1.29, 1.82) is 0 Å². The summed E-state index contributed by atoms with van der Waals surface area (Å²) >= 11 is 5.95. The lowest BCUT2D eigenvalue weighted by atomic mass is 10.2. The van der Waals surface area contributed by atoms with E-state index in [1.807, 2.05) is 0 Å². The van der Waals surface area contributed by atoms with Crippen molar-refractivity contribution in [2.24, 2.45) is 0 Å². The SMILES string of the molecule is CCOC(=O)c1nc2ccc(C(F)(F)F)cc2nc1NCc1cccc(Cl)c1. The number of fused-ring (bicyclic) bond motifs is 1. The molecule has 1 aromatic heterocycles. The predicted octanol–water partition coefficient (Wildman–Crippen LogP) is 5.09. The van der Waals surface area contributed by atoms with Crippen molar-refractivity contribution in [1.82, 2.24) is 9.97 Å². The Labute approximate surface area is 163 Å². The monoisotopic (exact) mass is 409 g/mol. The molecular formula is C19H15ClF3N3O2. The van der Waals surface area contributed by atoms with Gasteiger partial charge < -0.3 is 10.1 Å². The number of halogens is 4. The maximum absolute atomic E-state index is 13.0. The number of rotatable bonds is 5. The normalized spacial score (nSPS) is 11.5. The van der Waals surface area contributed by atoms with Gasteiger partial charge in [0.2, 0.25) is 0 Å². The molecule has 28 heavy (non-hydrogen) atoms. The number of hydrogen-bond donors (Lipinski definition) is 1. The molecule has 0 saturated carbocycles. The molecule has 0 bridgehead atoms. The van der Waals surface area contributed by atoms with Crippen LogP contribution >= 0.6 is 11.6 Å². The topological polar surface area (TPSA) is 64.1 Å². The molecular weight excluding hydrogens is 395 g/mol. The molecule has 146 valence electrons. The zero-order chi connectivity index (χ0) is 20.3. The number of benzene rings is 2. The Kier molecular flexibility index (Phi) is 5.69. The molecule has 0 atom stereocenters. The number of carbonyl (C=O) groups is 1. The predicted molar refractivity (Wildman–Crippen MR) is 99.3 cm³/mol. The van der Waals surface area contributed by atoms with Crippen molar-refractivity contribution in [2.45, 2.75) is 19.6 Å². The highest BCUT2D eigenvalue weighted by Gasteiger charge is 2.31. The number of nitrogens with one attached hydrogen (secondary N) is 1. The molecule has 3 aromatic rings. The average molecular weight is 410 g/mol. The Bertz CT molecular complexity index is 1020. The van der Waals surface area contributed by atoms with Crippen LogP contribution in [0, 0.1) is 0 Å². The minimum absolute atomic E-state index is 0.0106. The summed E-state index contributed by atoms with van der Waals surface area (Å²) in [6, 6.07) is 9.95. The third-order valence-electron chi connectivity index (χ3n) is 3.81. The number of nitrogens with zero attached hydrogens (tertiary/aromatic N) is 2. The lowest BCUT2D eigenvalue weighted by Gasteiger charge is -2.13. The van der Waals surface area contributed by atoms with Gasteiger partial charge in [0.1, 0.15) is 0 Å². The maximum atomic E-state index is 13.0. The Morgan fingerprint density at radius 3 is 2.61 bits per heavy atom. The molecule has 0 saturated heterocycles. The van der Waals surface area contributed by atoms with Gasteiger partial charge in [-0.1, -0.05) is 23.7 Å². The Hall–Kier alpha value is -2.87. The van der Waals surface area contributed by atoms with E-state index in [0.29, 0.717) is 5.02 Å². The minimum Gasteiger partial charge on any atom is -0.461 e. The number of esters is 1. The van der Waals surface area contributed by atoms with E-state index in [2.05, 4.69) is 15.3 Å². The Morgan fingerprint density at radius 2 is 1.93 bits per heavy atom.